The molecule has 2 aliphatic heterocycles. The fraction of sp³-hybridized carbons (Fsp3) is 0.680. The van der Waals surface area contributed by atoms with E-state index in [0.717, 1.165) is 71.2 Å². The van der Waals surface area contributed by atoms with Crippen molar-refractivity contribution in [3.8, 4) is 0 Å². The van der Waals surface area contributed by atoms with Crippen molar-refractivity contribution >= 4 is 35.8 Å². The molecule has 3 N–H and O–H groups in total. The second-order valence-corrected chi connectivity index (χ2v) is 9.28. The van der Waals surface area contributed by atoms with Gasteiger partial charge in [0.1, 0.15) is 0 Å². The molecule has 1 amide bonds. The minimum atomic E-state index is -0.166. The maximum atomic E-state index is 11.6. The third-order valence-electron chi connectivity index (χ3n) is 6.96. The molecule has 2 aliphatic rings. The minimum absolute atomic E-state index is 0. The molecule has 0 saturated carbocycles. The van der Waals surface area contributed by atoms with Crippen LogP contribution in [-0.2, 0) is 17.9 Å². The lowest BCUT2D eigenvalue weighted by Crippen LogP contribution is -2.41. The van der Waals surface area contributed by atoms with Crippen LogP contribution in [0.15, 0.2) is 29.3 Å². The Labute approximate surface area is 217 Å². The first-order valence-electron chi connectivity index (χ1n) is 12.3. The Hall–Kier alpha value is -1.39. The topological polar surface area (TPSA) is 77.2 Å². The van der Waals surface area contributed by atoms with Gasteiger partial charge in [0, 0.05) is 46.3 Å². The molecule has 3 rings (SSSR count). The van der Waals surface area contributed by atoms with Gasteiger partial charge >= 0.3 is 0 Å². The molecule has 1 aromatic carbocycles. The zero-order chi connectivity index (χ0) is 22.9. The second-order valence-electron chi connectivity index (χ2n) is 9.28. The zero-order valence-corrected chi connectivity index (χ0v) is 23.0. The summed E-state index contributed by atoms with van der Waals surface area (Å²) in [5, 5.41) is 3.57. The molecule has 0 aromatic heterocycles. The van der Waals surface area contributed by atoms with Crippen LogP contribution in [0.25, 0.3) is 0 Å². The van der Waals surface area contributed by atoms with Crippen molar-refractivity contribution < 1.29 is 4.79 Å². The third kappa shape index (κ3) is 8.40. The van der Waals surface area contributed by atoms with Gasteiger partial charge in [0.2, 0.25) is 5.91 Å². The SMILES string of the molecule is CCN(CC)CC1CCN(C(=NC)NCc2cccc(CN3CCCC(C(N)=O)C3)c2)C1.I. The molecule has 0 spiro atoms. The fourth-order valence-corrected chi connectivity index (χ4v) is 5.06. The van der Waals surface area contributed by atoms with E-state index >= 15 is 0 Å². The average Bonchev–Trinajstić information content (AvgIpc) is 3.26. The van der Waals surface area contributed by atoms with Crippen LogP contribution >= 0.6 is 24.0 Å². The molecule has 0 bridgehead atoms. The number of primary amides is 1. The lowest BCUT2D eigenvalue weighted by atomic mass is 9.97. The van der Waals surface area contributed by atoms with E-state index < -0.39 is 0 Å². The Morgan fingerprint density at radius 2 is 1.94 bits per heavy atom. The van der Waals surface area contributed by atoms with Crippen LogP contribution in [0.4, 0.5) is 0 Å². The number of benzene rings is 1. The predicted octanol–water partition coefficient (Wildman–Crippen LogP) is 2.74. The molecule has 7 nitrogen and oxygen atoms in total. The number of carbonyl (C=O) groups is 1. The van der Waals surface area contributed by atoms with Crippen LogP contribution < -0.4 is 11.1 Å². The maximum Gasteiger partial charge on any atom is 0.221 e. The number of nitrogens with zero attached hydrogens (tertiary/aromatic N) is 4. The number of carbonyl (C=O) groups excluding carboxylic acids is 1. The van der Waals surface area contributed by atoms with Gasteiger partial charge < -0.3 is 20.9 Å². The van der Waals surface area contributed by atoms with Gasteiger partial charge in [0.25, 0.3) is 0 Å². The standard InChI is InChI=1S/C25H42N6O.HI/c1-4-29(5-2)17-22-11-13-31(18-22)25(27-3)28-15-20-8-6-9-21(14-20)16-30-12-7-10-23(19-30)24(26)32;/h6,8-9,14,22-23H,4-5,7,10-13,15-19H2,1-3H3,(H2,26,32)(H,27,28);1H. The zero-order valence-electron chi connectivity index (χ0n) is 20.6. The van der Waals surface area contributed by atoms with Gasteiger partial charge in [-0.25, -0.2) is 0 Å². The lowest BCUT2D eigenvalue weighted by molar-refractivity contribution is -0.123. The molecule has 8 heteroatoms. The van der Waals surface area contributed by atoms with E-state index in [2.05, 4.69) is 63.1 Å². The number of nitrogens with two attached hydrogens (primary N) is 1. The number of hydrogen-bond acceptors (Lipinski definition) is 4. The van der Waals surface area contributed by atoms with Gasteiger partial charge in [0.15, 0.2) is 5.96 Å². The van der Waals surface area contributed by atoms with E-state index in [-0.39, 0.29) is 35.8 Å². The molecule has 0 aliphatic carbocycles. The highest BCUT2D eigenvalue weighted by Gasteiger charge is 2.26. The average molecular weight is 571 g/mol. The van der Waals surface area contributed by atoms with E-state index in [9.17, 15) is 4.79 Å². The summed E-state index contributed by atoms with van der Waals surface area (Å²) in [6.07, 6.45) is 3.19. The normalized spacial score (nSPS) is 21.8. The minimum Gasteiger partial charge on any atom is -0.369 e. The van der Waals surface area contributed by atoms with Gasteiger partial charge in [0.05, 0.1) is 5.92 Å². The Morgan fingerprint density at radius 3 is 2.64 bits per heavy atom. The molecule has 1 aromatic rings. The molecule has 33 heavy (non-hydrogen) atoms. The van der Waals surface area contributed by atoms with Crippen molar-refractivity contribution in [3.05, 3.63) is 35.4 Å². The number of aliphatic imine (C=N–C) groups is 1. The highest BCUT2D eigenvalue weighted by atomic mass is 127. The van der Waals surface area contributed by atoms with E-state index in [1.165, 1.54) is 24.1 Å². The molecule has 2 atom stereocenters. The first kappa shape index (κ1) is 27.9. The molecule has 0 radical (unpaired) electrons. The molecule has 186 valence electrons. The first-order chi connectivity index (χ1) is 15.5. The Morgan fingerprint density at radius 1 is 1.18 bits per heavy atom. The van der Waals surface area contributed by atoms with Crippen molar-refractivity contribution in [2.45, 2.75) is 46.2 Å². The van der Waals surface area contributed by atoms with Crippen LogP contribution in [0, 0.1) is 11.8 Å². The van der Waals surface area contributed by atoms with Crippen molar-refractivity contribution in [2.24, 2.45) is 22.6 Å². The Bertz CT molecular complexity index is 769. The van der Waals surface area contributed by atoms with Crippen molar-refractivity contribution in [3.63, 3.8) is 0 Å². The molecule has 2 unspecified atom stereocenters. The summed E-state index contributed by atoms with van der Waals surface area (Å²) in [6, 6.07) is 8.73. The number of amides is 1. The molecular formula is C25H43IN6O. The summed E-state index contributed by atoms with van der Waals surface area (Å²) in [5.74, 6) is 1.53. The number of hydrogen-bond donors (Lipinski definition) is 2. The number of rotatable bonds is 9. The molecule has 2 heterocycles. The van der Waals surface area contributed by atoms with Crippen molar-refractivity contribution in [1.29, 1.82) is 0 Å². The summed E-state index contributed by atoms with van der Waals surface area (Å²) in [6.45, 7) is 13.5. The van der Waals surface area contributed by atoms with Gasteiger partial charge in [-0.1, -0.05) is 38.1 Å². The highest BCUT2D eigenvalue weighted by molar-refractivity contribution is 14.0. The summed E-state index contributed by atoms with van der Waals surface area (Å²) in [4.78, 5) is 23.4. The fourth-order valence-electron chi connectivity index (χ4n) is 5.06. The summed E-state index contributed by atoms with van der Waals surface area (Å²) < 4.78 is 0. The summed E-state index contributed by atoms with van der Waals surface area (Å²) >= 11 is 0. The van der Waals surface area contributed by atoms with Crippen molar-refractivity contribution in [1.82, 2.24) is 20.0 Å². The van der Waals surface area contributed by atoms with E-state index in [1.807, 2.05) is 7.05 Å². The van der Waals surface area contributed by atoms with Gasteiger partial charge in [-0.05, 0) is 55.9 Å². The van der Waals surface area contributed by atoms with Gasteiger partial charge in [-0.3, -0.25) is 14.7 Å². The van der Waals surface area contributed by atoms with Gasteiger partial charge in [-0.15, -0.1) is 24.0 Å². The number of likely N-dealkylation sites (tertiary alicyclic amines) is 2. The van der Waals surface area contributed by atoms with Crippen molar-refractivity contribution in [2.75, 3.05) is 52.9 Å². The smallest absolute Gasteiger partial charge is 0.221 e. The maximum absolute atomic E-state index is 11.6. The number of halogens is 1. The highest BCUT2D eigenvalue weighted by Crippen LogP contribution is 2.20. The quantitative estimate of drug-likeness (QED) is 0.271. The Kier molecular flexibility index (Phi) is 11.9. The van der Waals surface area contributed by atoms with Crippen LogP contribution in [0.1, 0.15) is 44.2 Å². The second kappa shape index (κ2) is 14.1. The summed E-state index contributed by atoms with van der Waals surface area (Å²) in [5.41, 5.74) is 8.07. The Balaban J connectivity index is 0.00000385. The van der Waals surface area contributed by atoms with E-state index in [4.69, 9.17) is 5.73 Å². The first-order valence-corrected chi connectivity index (χ1v) is 12.3. The van der Waals surface area contributed by atoms with Crippen LogP contribution in [0.3, 0.4) is 0 Å². The van der Waals surface area contributed by atoms with E-state index in [1.54, 1.807) is 0 Å². The van der Waals surface area contributed by atoms with Crippen LogP contribution in [-0.4, -0.2) is 79.4 Å². The third-order valence-corrected chi connectivity index (χ3v) is 6.96. The number of piperidine rings is 1. The lowest BCUT2D eigenvalue weighted by Gasteiger charge is -2.31. The number of nitrogens with one attached hydrogen (secondary N) is 1. The molecule has 2 fully saturated rings. The molecular weight excluding hydrogens is 527 g/mol. The largest absolute Gasteiger partial charge is 0.369 e. The summed E-state index contributed by atoms with van der Waals surface area (Å²) in [7, 11) is 1.88. The predicted molar refractivity (Wildman–Crippen MR) is 147 cm³/mol. The monoisotopic (exact) mass is 570 g/mol. The van der Waals surface area contributed by atoms with Crippen LogP contribution in [0.5, 0.6) is 0 Å². The van der Waals surface area contributed by atoms with Crippen LogP contribution in [0.2, 0.25) is 0 Å². The van der Waals surface area contributed by atoms with E-state index in [0.29, 0.717) is 5.92 Å². The number of guanidine groups is 1. The molecule has 2 saturated heterocycles. The van der Waals surface area contributed by atoms with Gasteiger partial charge in [-0.2, -0.15) is 0 Å².